The molecule has 0 aliphatic carbocycles. The number of nitrogens with zero attached hydrogens (tertiary/aromatic N) is 5. The Morgan fingerprint density at radius 1 is 0.567 bits per heavy atom. The number of nitrogens with two attached hydrogens (primary N) is 2. The van der Waals surface area contributed by atoms with E-state index >= 15 is 0 Å². The highest BCUT2D eigenvalue weighted by molar-refractivity contribution is 7.19. The first-order valence-corrected chi connectivity index (χ1v) is 24.6. The molecule has 0 unspecified atom stereocenters. The molecule has 10 rings (SSSR count). The largest absolute Gasteiger partial charge is 0.486 e. The Kier molecular flexibility index (Phi) is 15.0. The number of aryl methyl sites for hydroxylation is 2. The van der Waals surface area contributed by atoms with Gasteiger partial charge in [0, 0.05) is 102 Å². The van der Waals surface area contributed by atoms with E-state index in [-0.39, 0.29) is 0 Å². The van der Waals surface area contributed by atoms with Crippen molar-refractivity contribution in [2.24, 2.45) is 11.5 Å². The Balaban J connectivity index is 0.000000168. The number of ether oxygens (including phenoxy) is 4. The summed E-state index contributed by atoms with van der Waals surface area (Å²) in [6, 6.07) is 27.8. The molecule has 0 radical (unpaired) electrons. The zero-order valence-corrected chi connectivity index (χ0v) is 39.1. The molecule has 0 spiro atoms. The number of hydrogen-bond acceptors (Lipinski definition) is 11. The molecule has 6 heterocycles. The van der Waals surface area contributed by atoms with E-state index in [1.165, 1.54) is 21.0 Å². The summed E-state index contributed by atoms with van der Waals surface area (Å²) in [6.45, 7) is 14.0. The lowest BCUT2D eigenvalue weighted by molar-refractivity contribution is 0.171. The number of nitrogens with one attached hydrogen (secondary N) is 2. The monoisotopic (exact) mass is 929 g/mol. The topological polar surface area (TPSA) is 165 Å². The lowest BCUT2D eigenvalue weighted by Crippen LogP contribution is -2.46. The summed E-state index contributed by atoms with van der Waals surface area (Å²) >= 11 is 1.75. The molecule has 15 nitrogen and oxygen atoms in total. The van der Waals surface area contributed by atoms with Gasteiger partial charge in [-0.2, -0.15) is 0 Å². The normalized spacial score (nSPS) is 16.3. The number of carbonyl (C=O) groups is 2. The Morgan fingerprint density at radius 3 is 1.78 bits per heavy atom. The van der Waals surface area contributed by atoms with Crippen molar-refractivity contribution in [3.63, 3.8) is 0 Å². The highest BCUT2D eigenvalue weighted by Crippen LogP contribution is 2.38. The van der Waals surface area contributed by atoms with Crippen LogP contribution in [0.3, 0.4) is 0 Å². The van der Waals surface area contributed by atoms with E-state index in [0.717, 1.165) is 161 Å². The maximum atomic E-state index is 11.5. The minimum Gasteiger partial charge on any atom is -0.486 e. The fraction of sp³-hybridized carbons (Fsp3) is 0.412. The molecule has 4 aliphatic rings. The Hall–Kier alpha value is -6.36. The smallest absolute Gasteiger partial charge is 0.316 e. The first-order chi connectivity index (χ1) is 32.8. The first-order valence-electron chi connectivity index (χ1n) is 23.8. The SMILES string of the molecule is NC(=O)Nc1c(CCCCN2CCCN(c3ccc4c(c3)OCCO4)CC2)sc2ccccc12.NC(=O)Nc1cn(CCCCN2CCN(c3ccc4c(c3)OCCO4)CC2)c2ccccc12. The summed E-state index contributed by atoms with van der Waals surface area (Å²) < 4.78 is 26.2. The predicted octanol–water partition coefficient (Wildman–Crippen LogP) is 8.20. The van der Waals surface area contributed by atoms with Gasteiger partial charge in [0.1, 0.15) is 26.4 Å². The Bertz CT molecular complexity index is 2630. The van der Waals surface area contributed by atoms with Gasteiger partial charge < -0.3 is 60.3 Å². The highest BCUT2D eigenvalue weighted by atomic mass is 32.1. The molecule has 2 fully saturated rings. The molecular weight excluding hydrogens is 867 g/mol. The van der Waals surface area contributed by atoms with Crippen LogP contribution in [0.1, 0.15) is 37.0 Å². The fourth-order valence-electron chi connectivity index (χ4n) is 9.57. The van der Waals surface area contributed by atoms with Crippen molar-refractivity contribution in [2.45, 2.75) is 45.1 Å². The number of anilines is 4. The molecule has 6 N–H and O–H groups in total. The molecule has 354 valence electrons. The molecule has 4 aliphatic heterocycles. The molecule has 0 atom stereocenters. The number of para-hydroxylation sites is 1. The van der Waals surface area contributed by atoms with Crippen LogP contribution in [0, 0.1) is 0 Å². The molecule has 4 aromatic carbocycles. The number of fused-ring (bicyclic) bond motifs is 4. The number of carbonyl (C=O) groups excluding carboxylic acids is 2. The third-order valence-electron chi connectivity index (χ3n) is 13.0. The van der Waals surface area contributed by atoms with Crippen molar-refractivity contribution in [3.8, 4) is 23.0 Å². The van der Waals surface area contributed by atoms with Gasteiger partial charge in [-0.15, -0.1) is 11.3 Å². The standard InChI is InChI=1S/C26H32N4O3S.C25H31N5O3/c27-26(31)28-25-20-6-1-2-7-23(20)34-24(25)8-3-4-11-29-12-5-13-30(15-14-29)19-9-10-21-22(18-19)33-17-16-32-21;26-25(31)27-21-18-30(22-6-2-1-5-20(21)22)10-4-3-9-28-11-13-29(14-12-28)19-7-8-23-24(17-19)33-16-15-32-23/h1-2,6-7,9-10,18H,3-5,8,11-17H2,(H3,27,28,31);1-2,5-8,17-18H,3-4,9-16H2,(H3,26,27,31). The maximum Gasteiger partial charge on any atom is 0.316 e. The Labute approximate surface area is 396 Å². The van der Waals surface area contributed by atoms with Crippen LogP contribution in [0.4, 0.5) is 32.3 Å². The second kappa shape index (κ2) is 22.0. The summed E-state index contributed by atoms with van der Waals surface area (Å²) in [4.78, 5) is 34.0. The highest BCUT2D eigenvalue weighted by Gasteiger charge is 2.22. The van der Waals surface area contributed by atoms with E-state index in [0.29, 0.717) is 26.4 Å². The third-order valence-corrected chi connectivity index (χ3v) is 14.2. The maximum absolute atomic E-state index is 11.5. The molecule has 67 heavy (non-hydrogen) atoms. The van der Waals surface area contributed by atoms with E-state index in [4.69, 9.17) is 30.4 Å². The van der Waals surface area contributed by atoms with Gasteiger partial charge in [0.25, 0.3) is 0 Å². The van der Waals surface area contributed by atoms with Crippen molar-refractivity contribution < 1.29 is 28.5 Å². The summed E-state index contributed by atoms with van der Waals surface area (Å²) in [5.74, 6) is 3.40. The number of benzene rings is 4. The summed E-state index contributed by atoms with van der Waals surface area (Å²) in [7, 11) is 0. The average Bonchev–Trinajstić information content (AvgIpc) is 3.76. The molecule has 2 aromatic heterocycles. The number of urea groups is 2. The van der Waals surface area contributed by atoms with Gasteiger partial charge in [-0.3, -0.25) is 4.90 Å². The molecular formula is C51H63N9O6S. The van der Waals surface area contributed by atoms with Gasteiger partial charge >= 0.3 is 12.1 Å². The van der Waals surface area contributed by atoms with Gasteiger partial charge in [0.05, 0.1) is 16.9 Å². The zero-order chi connectivity index (χ0) is 46.0. The number of hydrogen-bond donors (Lipinski definition) is 4. The van der Waals surface area contributed by atoms with Crippen LogP contribution in [0.25, 0.3) is 21.0 Å². The molecule has 4 amide bonds. The van der Waals surface area contributed by atoms with Crippen molar-refractivity contribution in [1.82, 2.24) is 14.4 Å². The molecule has 2 saturated heterocycles. The minimum absolute atomic E-state index is 0.503. The van der Waals surface area contributed by atoms with Crippen LogP contribution < -0.4 is 50.8 Å². The summed E-state index contributed by atoms with van der Waals surface area (Å²) in [6.07, 6.45) is 8.52. The molecule has 0 bridgehead atoms. The fourth-order valence-corrected chi connectivity index (χ4v) is 10.8. The van der Waals surface area contributed by atoms with Crippen LogP contribution in [0.5, 0.6) is 23.0 Å². The number of unbranched alkanes of at least 4 members (excludes halogenated alkanes) is 2. The van der Waals surface area contributed by atoms with Crippen LogP contribution >= 0.6 is 11.3 Å². The number of aromatic nitrogens is 1. The van der Waals surface area contributed by atoms with E-state index in [9.17, 15) is 9.59 Å². The van der Waals surface area contributed by atoms with Crippen LogP contribution in [0.15, 0.2) is 91.1 Å². The quantitative estimate of drug-likeness (QED) is 0.0783. The summed E-state index contributed by atoms with van der Waals surface area (Å²) in [5.41, 5.74) is 16.0. The van der Waals surface area contributed by atoms with E-state index < -0.39 is 12.1 Å². The van der Waals surface area contributed by atoms with Gasteiger partial charge in [-0.25, -0.2) is 9.59 Å². The number of amides is 4. The van der Waals surface area contributed by atoms with E-state index in [2.05, 4.69) is 71.2 Å². The first kappa shape index (κ1) is 45.8. The van der Waals surface area contributed by atoms with Crippen LogP contribution in [0.2, 0.25) is 0 Å². The van der Waals surface area contributed by atoms with Crippen LogP contribution in [-0.4, -0.2) is 118 Å². The summed E-state index contributed by atoms with van der Waals surface area (Å²) in [5, 5.41) is 7.68. The van der Waals surface area contributed by atoms with Crippen molar-refractivity contribution in [2.75, 3.05) is 112 Å². The number of rotatable bonds is 14. The van der Waals surface area contributed by atoms with Gasteiger partial charge in [-0.05, 0) is 94.6 Å². The lowest BCUT2D eigenvalue weighted by atomic mass is 10.1. The minimum atomic E-state index is -0.534. The number of thiophene rings is 1. The second-order valence-electron chi connectivity index (χ2n) is 17.5. The van der Waals surface area contributed by atoms with Gasteiger partial charge in [0.2, 0.25) is 0 Å². The second-order valence-corrected chi connectivity index (χ2v) is 18.6. The number of primary amides is 2. The van der Waals surface area contributed by atoms with E-state index in [1.54, 1.807) is 11.3 Å². The zero-order valence-electron chi connectivity index (χ0n) is 38.3. The molecule has 6 aromatic rings. The third kappa shape index (κ3) is 11.6. The average molecular weight is 930 g/mol. The van der Waals surface area contributed by atoms with Crippen molar-refractivity contribution >= 4 is 67.1 Å². The van der Waals surface area contributed by atoms with Gasteiger partial charge in [0.15, 0.2) is 23.0 Å². The lowest BCUT2D eigenvalue weighted by Gasteiger charge is -2.36. The number of piperazine rings is 1. The Morgan fingerprint density at radius 2 is 1.12 bits per heavy atom. The van der Waals surface area contributed by atoms with E-state index in [1.807, 2.05) is 54.7 Å². The predicted molar refractivity (Wildman–Crippen MR) is 269 cm³/mol. The molecule has 16 heteroatoms. The molecule has 0 saturated carbocycles. The van der Waals surface area contributed by atoms with Crippen molar-refractivity contribution in [1.29, 1.82) is 0 Å². The van der Waals surface area contributed by atoms with Crippen LogP contribution in [-0.2, 0) is 13.0 Å². The van der Waals surface area contributed by atoms with Crippen molar-refractivity contribution in [3.05, 3.63) is 96.0 Å². The van der Waals surface area contributed by atoms with Gasteiger partial charge in [-0.1, -0.05) is 36.4 Å².